The summed E-state index contributed by atoms with van der Waals surface area (Å²) in [5.41, 5.74) is 0. The number of hydrogen-bond acceptors (Lipinski definition) is 5. The van der Waals surface area contributed by atoms with Gasteiger partial charge >= 0.3 is 11.9 Å². The van der Waals surface area contributed by atoms with Crippen molar-refractivity contribution in [3.05, 3.63) is 0 Å². The van der Waals surface area contributed by atoms with E-state index in [1.165, 1.54) is 0 Å². The summed E-state index contributed by atoms with van der Waals surface area (Å²) >= 11 is 3.79. The number of ether oxygens (including phenoxy) is 2. The van der Waals surface area contributed by atoms with Crippen molar-refractivity contribution < 1.29 is 24.2 Å². The lowest BCUT2D eigenvalue weighted by Crippen LogP contribution is -2.22. The Kier molecular flexibility index (Phi) is 7.23. The standard InChI is InChI=1S/C8H14O5S/c1-2-12-3-4-13-8(11)6(14)5-7(9)10/h6,14H,2-5H2,1H3,(H,9,10). The van der Waals surface area contributed by atoms with Crippen molar-refractivity contribution in [1.29, 1.82) is 0 Å². The summed E-state index contributed by atoms with van der Waals surface area (Å²) in [5.74, 6) is -1.71. The van der Waals surface area contributed by atoms with Crippen LogP contribution in [-0.4, -0.2) is 42.1 Å². The van der Waals surface area contributed by atoms with Gasteiger partial charge in [-0.25, -0.2) is 0 Å². The Morgan fingerprint density at radius 3 is 2.57 bits per heavy atom. The molecule has 0 saturated heterocycles. The fourth-order valence-electron chi connectivity index (χ4n) is 0.690. The fourth-order valence-corrected chi connectivity index (χ4v) is 0.921. The molecule has 1 N–H and O–H groups in total. The van der Waals surface area contributed by atoms with E-state index in [4.69, 9.17) is 14.6 Å². The summed E-state index contributed by atoms with van der Waals surface area (Å²) in [4.78, 5) is 21.2. The Morgan fingerprint density at radius 2 is 2.07 bits per heavy atom. The summed E-state index contributed by atoms with van der Waals surface area (Å²) < 4.78 is 9.63. The van der Waals surface area contributed by atoms with Gasteiger partial charge in [0.1, 0.15) is 11.9 Å². The smallest absolute Gasteiger partial charge is 0.319 e. The number of esters is 1. The van der Waals surface area contributed by atoms with Gasteiger partial charge in [-0.15, -0.1) is 0 Å². The lowest BCUT2D eigenvalue weighted by atomic mass is 10.3. The van der Waals surface area contributed by atoms with Crippen LogP contribution in [0.2, 0.25) is 0 Å². The van der Waals surface area contributed by atoms with E-state index in [2.05, 4.69) is 12.6 Å². The highest BCUT2D eigenvalue weighted by Gasteiger charge is 2.18. The predicted molar refractivity (Wildman–Crippen MR) is 52.5 cm³/mol. The van der Waals surface area contributed by atoms with Crippen molar-refractivity contribution in [3.8, 4) is 0 Å². The molecule has 0 aromatic carbocycles. The first kappa shape index (κ1) is 13.2. The molecule has 0 bridgehead atoms. The van der Waals surface area contributed by atoms with Gasteiger partial charge in [-0.1, -0.05) is 0 Å². The van der Waals surface area contributed by atoms with Crippen LogP contribution in [0.25, 0.3) is 0 Å². The van der Waals surface area contributed by atoms with Gasteiger partial charge in [0.2, 0.25) is 0 Å². The third-order valence-corrected chi connectivity index (χ3v) is 1.71. The molecule has 0 aromatic rings. The number of rotatable bonds is 7. The zero-order chi connectivity index (χ0) is 11.0. The van der Waals surface area contributed by atoms with Crippen LogP contribution >= 0.6 is 12.6 Å². The Balaban J connectivity index is 3.57. The lowest BCUT2D eigenvalue weighted by molar-refractivity contribution is -0.148. The van der Waals surface area contributed by atoms with E-state index in [1.54, 1.807) is 0 Å². The predicted octanol–water partition coefficient (Wildman–Crippen LogP) is 0.339. The van der Waals surface area contributed by atoms with E-state index in [1.807, 2.05) is 6.92 Å². The summed E-state index contributed by atoms with van der Waals surface area (Å²) in [6.45, 7) is 2.82. The van der Waals surface area contributed by atoms with Gasteiger partial charge in [0, 0.05) is 6.61 Å². The summed E-state index contributed by atoms with van der Waals surface area (Å²) in [5, 5.41) is 7.45. The minimum Gasteiger partial charge on any atom is -0.481 e. The van der Waals surface area contributed by atoms with Gasteiger partial charge in [0.15, 0.2) is 0 Å². The van der Waals surface area contributed by atoms with E-state index >= 15 is 0 Å². The Bertz CT molecular complexity index is 194. The van der Waals surface area contributed by atoms with Crippen molar-refractivity contribution in [2.75, 3.05) is 19.8 Å². The molecule has 5 nitrogen and oxygen atoms in total. The molecule has 0 radical (unpaired) electrons. The van der Waals surface area contributed by atoms with Crippen molar-refractivity contribution in [1.82, 2.24) is 0 Å². The quantitative estimate of drug-likeness (QED) is 0.369. The van der Waals surface area contributed by atoms with Crippen LogP contribution in [0.1, 0.15) is 13.3 Å². The van der Waals surface area contributed by atoms with Crippen LogP contribution in [0.4, 0.5) is 0 Å². The van der Waals surface area contributed by atoms with E-state index in [0.717, 1.165) is 0 Å². The van der Waals surface area contributed by atoms with Crippen molar-refractivity contribution in [3.63, 3.8) is 0 Å². The van der Waals surface area contributed by atoms with Gasteiger partial charge in [-0.2, -0.15) is 12.6 Å². The third-order valence-electron chi connectivity index (χ3n) is 1.32. The third kappa shape index (κ3) is 6.73. The molecule has 6 heteroatoms. The lowest BCUT2D eigenvalue weighted by Gasteiger charge is -2.08. The van der Waals surface area contributed by atoms with E-state index in [0.29, 0.717) is 13.2 Å². The number of carbonyl (C=O) groups is 2. The Labute approximate surface area is 87.8 Å². The van der Waals surface area contributed by atoms with Crippen molar-refractivity contribution in [2.24, 2.45) is 0 Å². The largest absolute Gasteiger partial charge is 0.481 e. The minimum atomic E-state index is -1.08. The van der Waals surface area contributed by atoms with Gasteiger partial charge in [-0.05, 0) is 6.92 Å². The monoisotopic (exact) mass is 222 g/mol. The second kappa shape index (κ2) is 7.64. The number of thiol groups is 1. The number of carboxylic acid groups (broad SMARTS) is 1. The number of carboxylic acids is 1. The first-order valence-corrected chi connectivity index (χ1v) is 4.73. The molecule has 82 valence electrons. The maximum absolute atomic E-state index is 11.0. The van der Waals surface area contributed by atoms with E-state index in [9.17, 15) is 9.59 Å². The SMILES string of the molecule is CCOCCOC(=O)C(S)CC(=O)O. The zero-order valence-corrected chi connectivity index (χ0v) is 8.83. The van der Waals surface area contributed by atoms with Crippen LogP contribution in [0, 0.1) is 0 Å². The van der Waals surface area contributed by atoms with Crippen LogP contribution in [0.5, 0.6) is 0 Å². The highest BCUT2D eigenvalue weighted by Crippen LogP contribution is 2.03. The van der Waals surface area contributed by atoms with E-state index in [-0.39, 0.29) is 13.0 Å². The van der Waals surface area contributed by atoms with Gasteiger partial charge in [0.05, 0.1) is 13.0 Å². The molecule has 0 spiro atoms. The summed E-state index contributed by atoms with van der Waals surface area (Å²) in [6, 6.07) is 0. The second-order valence-electron chi connectivity index (χ2n) is 2.48. The fraction of sp³-hybridized carbons (Fsp3) is 0.750. The average molecular weight is 222 g/mol. The van der Waals surface area contributed by atoms with Gasteiger partial charge in [0.25, 0.3) is 0 Å². The molecule has 1 unspecified atom stereocenters. The molecule has 1 atom stereocenters. The number of aliphatic carboxylic acids is 1. The summed E-state index contributed by atoms with van der Waals surface area (Å²) in [6.07, 6.45) is -0.337. The molecular formula is C8H14O5S. The molecule has 0 amide bonds. The van der Waals surface area contributed by atoms with Crippen LogP contribution < -0.4 is 0 Å². The molecule has 0 aliphatic heterocycles. The normalized spacial score (nSPS) is 12.1. The topological polar surface area (TPSA) is 72.8 Å². The maximum atomic E-state index is 11.0. The summed E-state index contributed by atoms with van der Waals surface area (Å²) in [7, 11) is 0. The molecule has 0 aliphatic rings. The number of hydrogen-bond donors (Lipinski definition) is 2. The average Bonchev–Trinajstić information content (AvgIpc) is 2.11. The van der Waals surface area contributed by atoms with Gasteiger partial charge < -0.3 is 14.6 Å². The van der Waals surface area contributed by atoms with Crippen molar-refractivity contribution in [2.45, 2.75) is 18.6 Å². The van der Waals surface area contributed by atoms with Crippen molar-refractivity contribution >= 4 is 24.6 Å². The second-order valence-corrected chi connectivity index (χ2v) is 3.10. The highest BCUT2D eigenvalue weighted by atomic mass is 32.1. The Hall–Kier alpha value is -0.750. The van der Waals surface area contributed by atoms with Gasteiger partial charge in [-0.3, -0.25) is 9.59 Å². The molecule has 0 heterocycles. The Morgan fingerprint density at radius 1 is 1.43 bits per heavy atom. The van der Waals surface area contributed by atoms with E-state index < -0.39 is 17.2 Å². The van der Waals surface area contributed by atoms with Crippen LogP contribution in [-0.2, 0) is 19.1 Å². The molecule has 0 aliphatic carbocycles. The molecule has 14 heavy (non-hydrogen) atoms. The molecule has 0 aromatic heterocycles. The molecular weight excluding hydrogens is 208 g/mol. The van der Waals surface area contributed by atoms with Crippen LogP contribution in [0.3, 0.4) is 0 Å². The zero-order valence-electron chi connectivity index (χ0n) is 7.93. The minimum absolute atomic E-state index is 0.128. The molecule has 0 fully saturated rings. The van der Waals surface area contributed by atoms with Crippen LogP contribution in [0.15, 0.2) is 0 Å². The first-order valence-electron chi connectivity index (χ1n) is 4.22. The maximum Gasteiger partial charge on any atom is 0.319 e. The molecule has 0 rings (SSSR count). The molecule has 0 saturated carbocycles. The highest BCUT2D eigenvalue weighted by molar-refractivity contribution is 7.81. The first-order chi connectivity index (χ1) is 6.57. The number of carbonyl (C=O) groups excluding carboxylic acids is 1.